The summed E-state index contributed by atoms with van der Waals surface area (Å²) in [6, 6.07) is 2.98. The number of esters is 1. The van der Waals surface area contributed by atoms with Crippen LogP contribution < -0.4 is 0 Å². The zero-order valence-corrected chi connectivity index (χ0v) is 9.80. The SMILES string of the molecule is COC(=O)c1c[nH]c(-c2cc(C(=O)O)n(C)n2)c1. The fourth-order valence-corrected chi connectivity index (χ4v) is 1.58. The minimum atomic E-state index is -1.06. The molecule has 0 aliphatic carbocycles. The van der Waals surface area contributed by atoms with Gasteiger partial charge >= 0.3 is 11.9 Å². The van der Waals surface area contributed by atoms with Gasteiger partial charge in [-0.2, -0.15) is 5.10 Å². The fraction of sp³-hybridized carbons (Fsp3) is 0.182. The molecule has 2 heterocycles. The summed E-state index contributed by atoms with van der Waals surface area (Å²) in [5, 5.41) is 13.0. The van der Waals surface area contributed by atoms with Gasteiger partial charge in [0.05, 0.1) is 18.4 Å². The molecule has 0 saturated carbocycles. The Morgan fingerprint density at radius 3 is 2.72 bits per heavy atom. The Bertz CT molecular complexity index is 612. The average Bonchev–Trinajstić information content (AvgIpc) is 2.93. The molecule has 2 aromatic heterocycles. The molecule has 0 radical (unpaired) electrons. The van der Waals surface area contributed by atoms with E-state index < -0.39 is 11.9 Å². The summed E-state index contributed by atoms with van der Waals surface area (Å²) in [6.45, 7) is 0. The van der Waals surface area contributed by atoms with Crippen molar-refractivity contribution in [2.75, 3.05) is 7.11 Å². The summed E-state index contributed by atoms with van der Waals surface area (Å²) < 4.78 is 5.83. The normalized spacial score (nSPS) is 10.3. The summed E-state index contributed by atoms with van der Waals surface area (Å²) in [7, 11) is 2.83. The van der Waals surface area contributed by atoms with E-state index in [4.69, 9.17) is 5.11 Å². The van der Waals surface area contributed by atoms with E-state index in [2.05, 4.69) is 14.8 Å². The standard InChI is InChI=1S/C11H11N3O4/c1-14-9(10(15)16)4-8(13-14)7-3-6(5-12-7)11(17)18-2/h3-5,12H,1-2H3,(H,15,16). The Balaban J connectivity index is 2.37. The van der Waals surface area contributed by atoms with Gasteiger partial charge in [0.1, 0.15) is 11.4 Å². The first-order chi connectivity index (χ1) is 8.52. The zero-order chi connectivity index (χ0) is 13.3. The van der Waals surface area contributed by atoms with E-state index in [1.165, 1.54) is 31.1 Å². The molecule has 0 saturated heterocycles. The van der Waals surface area contributed by atoms with Gasteiger partial charge in [-0.1, -0.05) is 0 Å². The molecule has 0 amide bonds. The van der Waals surface area contributed by atoms with Gasteiger partial charge in [0.25, 0.3) is 0 Å². The van der Waals surface area contributed by atoms with Gasteiger partial charge < -0.3 is 14.8 Å². The molecular weight excluding hydrogens is 238 g/mol. The highest BCUT2D eigenvalue weighted by Crippen LogP contribution is 2.19. The molecule has 0 atom stereocenters. The molecule has 0 unspecified atom stereocenters. The van der Waals surface area contributed by atoms with E-state index in [9.17, 15) is 9.59 Å². The van der Waals surface area contributed by atoms with Crippen LogP contribution in [-0.2, 0) is 11.8 Å². The molecule has 7 nitrogen and oxygen atoms in total. The van der Waals surface area contributed by atoms with Gasteiger partial charge in [-0.05, 0) is 6.07 Å². The van der Waals surface area contributed by atoms with Crippen LogP contribution >= 0.6 is 0 Å². The number of carboxylic acids is 1. The number of carboxylic acid groups (broad SMARTS) is 1. The molecule has 0 bridgehead atoms. The number of methoxy groups -OCH3 is 1. The first-order valence-electron chi connectivity index (χ1n) is 5.07. The van der Waals surface area contributed by atoms with Crippen LogP contribution in [-0.4, -0.2) is 38.9 Å². The number of aromatic carboxylic acids is 1. The van der Waals surface area contributed by atoms with Crippen molar-refractivity contribution in [3.8, 4) is 11.4 Å². The van der Waals surface area contributed by atoms with Crippen LogP contribution in [0.2, 0.25) is 0 Å². The lowest BCUT2D eigenvalue weighted by Crippen LogP contribution is -2.04. The molecule has 0 fully saturated rings. The molecule has 0 aliphatic heterocycles. The van der Waals surface area contributed by atoms with Gasteiger partial charge in [-0.15, -0.1) is 0 Å². The Labute approximate surface area is 102 Å². The summed E-state index contributed by atoms with van der Waals surface area (Å²) in [5.41, 5.74) is 1.43. The van der Waals surface area contributed by atoms with Crippen molar-refractivity contribution in [2.24, 2.45) is 7.05 Å². The summed E-state index contributed by atoms with van der Waals surface area (Å²) in [5.74, 6) is -1.53. The number of ether oxygens (including phenoxy) is 1. The Morgan fingerprint density at radius 1 is 1.44 bits per heavy atom. The number of hydrogen-bond acceptors (Lipinski definition) is 4. The second-order valence-electron chi connectivity index (χ2n) is 3.64. The quantitative estimate of drug-likeness (QED) is 0.787. The lowest BCUT2D eigenvalue weighted by Gasteiger charge is -1.92. The number of hydrogen-bond donors (Lipinski definition) is 2. The topological polar surface area (TPSA) is 97.2 Å². The average molecular weight is 249 g/mol. The van der Waals surface area contributed by atoms with Crippen molar-refractivity contribution in [3.05, 3.63) is 29.6 Å². The summed E-state index contributed by atoms with van der Waals surface area (Å²) >= 11 is 0. The molecule has 0 aromatic carbocycles. The van der Waals surface area contributed by atoms with Crippen LogP contribution in [0.4, 0.5) is 0 Å². The van der Waals surface area contributed by atoms with Crippen molar-refractivity contribution in [2.45, 2.75) is 0 Å². The summed E-state index contributed by atoms with van der Waals surface area (Å²) in [4.78, 5) is 25.0. The largest absolute Gasteiger partial charge is 0.477 e. The van der Waals surface area contributed by atoms with Crippen molar-refractivity contribution in [3.63, 3.8) is 0 Å². The number of carbonyl (C=O) groups excluding carboxylic acids is 1. The Kier molecular flexibility index (Phi) is 2.88. The van der Waals surface area contributed by atoms with E-state index in [0.29, 0.717) is 17.0 Å². The lowest BCUT2D eigenvalue weighted by atomic mass is 10.2. The van der Waals surface area contributed by atoms with Gasteiger partial charge in [-0.3, -0.25) is 4.68 Å². The predicted octanol–water partition coefficient (Wildman–Crippen LogP) is 0.900. The number of rotatable bonds is 3. The van der Waals surface area contributed by atoms with Crippen LogP contribution in [0.5, 0.6) is 0 Å². The third kappa shape index (κ3) is 1.97. The third-order valence-corrected chi connectivity index (χ3v) is 2.48. The molecule has 2 aromatic rings. The number of aryl methyl sites for hydroxylation is 1. The second-order valence-corrected chi connectivity index (χ2v) is 3.64. The van der Waals surface area contributed by atoms with Gasteiger partial charge in [0, 0.05) is 19.3 Å². The highest BCUT2D eigenvalue weighted by molar-refractivity contribution is 5.91. The maximum atomic E-state index is 11.3. The van der Waals surface area contributed by atoms with E-state index in [1.807, 2.05) is 0 Å². The monoisotopic (exact) mass is 249 g/mol. The van der Waals surface area contributed by atoms with Gasteiger partial charge in [-0.25, -0.2) is 9.59 Å². The molecule has 7 heteroatoms. The van der Waals surface area contributed by atoms with E-state index >= 15 is 0 Å². The smallest absolute Gasteiger partial charge is 0.354 e. The van der Waals surface area contributed by atoms with Crippen LogP contribution in [0.3, 0.4) is 0 Å². The molecule has 18 heavy (non-hydrogen) atoms. The van der Waals surface area contributed by atoms with E-state index in [0.717, 1.165) is 0 Å². The third-order valence-electron chi connectivity index (χ3n) is 2.48. The predicted molar refractivity (Wildman–Crippen MR) is 61.3 cm³/mol. The van der Waals surface area contributed by atoms with E-state index in [-0.39, 0.29) is 5.69 Å². The Morgan fingerprint density at radius 2 is 2.17 bits per heavy atom. The number of aromatic amines is 1. The Hall–Kier alpha value is -2.57. The highest BCUT2D eigenvalue weighted by Gasteiger charge is 2.15. The minimum Gasteiger partial charge on any atom is -0.477 e. The number of aromatic nitrogens is 3. The first kappa shape index (κ1) is 11.9. The van der Waals surface area contributed by atoms with Crippen LogP contribution in [0.25, 0.3) is 11.4 Å². The first-order valence-corrected chi connectivity index (χ1v) is 5.07. The summed E-state index contributed by atoms with van der Waals surface area (Å²) in [6.07, 6.45) is 1.48. The highest BCUT2D eigenvalue weighted by atomic mass is 16.5. The maximum absolute atomic E-state index is 11.3. The van der Waals surface area contributed by atoms with Crippen LogP contribution in [0, 0.1) is 0 Å². The minimum absolute atomic E-state index is 0.0687. The van der Waals surface area contributed by atoms with Crippen molar-refractivity contribution in [1.29, 1.82) is 0 Å². The number of carbonyl (C=O) groups is 2. The maximum Gasteiger partial charge on any atom is 0.354 e. The number of H-pyrrole nitrogens is 1. The molecule has 2 rings (SSSR count). The molecular formula is C11H11N3O4. The van der Waals surface area contributed by atoms with Gasteiger partial charge in [0.2, 0.25) is 0 Å². The molecule has 0 aliphatic rings. The van der Waals surface area contributed by atoms with Crippen LogP contribution in [0.15, 0.2) is 18.3 Å². The molecule has 2 N–H and O–H groups in total. The zero-order valence-electron chi connectivity index (χ0n) is 9.80. The van der Waals surface area contributed by atoms with Crippen molar-refractivity contribution in [1.82, 2.24) is 14.8 Å². The van der Waals surface area contributed by atoms with Crippen LogP contribution in [0.1, 0.15) is 20.8 Å². The molecule has 0 spiro atoms. The number of nitrogens with zero attached hydrogens (tertiary/aromatic N) is 2. The molecule has 94 valence electrons. The fourth-order valence-electron chi connectivity index (χ4n) is 1.58. The van der Waals surface area contributed by atoms with Crippen molar-refractivity contribution >= 4 is 11.9 Å². The number of nitrogens with one attached hydrogen (secondary N) is 1. The van der Waals surface area contributed by atoms with Crippen molar-refractivity contribution < 1.29 is 19.4 Å². The van der Waals surface area contributed by atoms with Gasteiger partial charge in [0.15, 0.2) is 0 Å². The lowest BCUT2D eigenvalue weighted by molar-refractivity contribution is 0.0600. The second kappa shape index (κ2) is 4.36. The van der Waals surface area contributed by atoms with E-state index in [1.54, 1.807) is 6.07 Å².